The molecular formula is C16H19N3O2. The molecule has 2 aromatic rings. The lowest BCUT2D eigenvalue weighted by Gasteiger charge is -2.23. The highest BCUT2D eigenvalue weighted by atomic mass is 16.5. The second kappa shape index (κ2) is 6.85. The van der Waals surface area contributed by atoms with Crippen LogP contribution < -0.4 is 10.1 Å². The standard InChI is InChI=1S/C16H19N3O2/c1-19(2)15(12-7-5-4-6-8-12)16(20)18-13-9-10-14(21-3)17-11-13/h4-11,15H,1-3H3,(H,18,20). The van der Waals surface area contributed by atoms with Crippen LogP contribution in [-0.4, -0.2) is 37.0 Å². The molecule has 1 aromatic heterocycles. The number of carbonyl (C=O) groups is 1. The Hall–Kier alpha value is -2.40. The molecule has 1 N–H and O–H groups in total. The van der Waals surface area contributed by atoms with Crippen LogP contribution in [0.5, 0.6) is 5.88 Å². The van der Waals surface area contributed by atoms with Gasteiger partial charge >= 0.3 is 0 Å². The maximum Gasteiger partial charge on any atom is 0.246 e. The monoisotopic (exact) mass is 285 g/mol. The molecule has 0 saturated carbocycles. The zero-order valence-electron chi connectivity index (χ0n) is 12.4. The quantitative estimate of drug-likeness (QED) is 0.916. The van der Waals surface area contributed by atoms with Gasteiger partial charge in [0.15, 0.2) is 0 Å². The highest BCUT2D eigenvalue weighted by molar-refractivity contribution is 5.95. The van der Waals surface area contributed by atoms with Crippen molar-refractivity contribution in [3.8, 4) is 5.88 Å². The number of hydrogen-bond donors (Lipinski definition) is 1. The van der Waals surface area contributed by atoms with Crippen molar-refractivity contribution in [3.63, 3.8) is 0 Å². The van der Waals surface area contributed by atoms with E-state index in [9.17, 15) is 4.79 Å². The second-order valence-corrected chi connectivity index (χ2v) is 4.86. The van der Waals surface area contributed by atoms with E-state index in [-0.39, 0.29) is 11.9 Å². The van der Waals surface area contributed by atoms with Crippen LogP contribution in [-0.2, 0) is 4.79 Å². The first-order valence-electron chi connectivity index (χ1n) is 6.64. The molecule has 1 amide bonds. The average molecular weight is 285 g/mol. The number of amides is 1. The van der Waals surface area contributed by atoms with Gasteiger partial charge in [-0.05, 0) is 25.7 Å². The second-order valence-electron chi connectivity index (χ2n) is 4.86. The molecular weight excluding hydrogens is 266 g/mol. The lowest BCUT2D eigenvalue weighted by molar-refractivity contribution is -0.120. The lowest BCUT2D eigenvalue weighted by Crippen LogP contribution is -2.32. The van der Waals surface area contributed by atoms with E-state index in [1.165, 1.54) is 0 Å². The number of aromatic nitrogens is 1. The van der Waals surface area contributed by atoms with Crippen LogP contribution in [0.1, 0.15) is 11.6 Å². The molecule has 0 spiro atoms. The molecule has 0 radical (unpaired) electrons. The van der Waals surface area contributed by atoms with Gasteiger partial charge in [-0.3, -0.25) is 9.69 Å². The first kappa shape index (κ1) is 15.0. The summed E-state index contributed by atoms with van der Waals surface area (Å²) in [5.74, 6) is 0.415. The molecule has 1 atom stereocenters. The van der Waals surface area contributed by atoms with E-state index in [0.29, 0.717) is 11.6 Å². The van der Waals surface area contributed by atoms with Gasteiger partial charge in [0, 0.05) is 6.07 Å². The first-order valence-corrected chi connectivity index (χ1v) is 6.64. The van der Waals surface area contributed by atoms with Gasteiger partial charge in [0.25, 0.3) is 0 Å². The Balaban J connectivity index is 2.15. The van der Waals surface area contributed by atoms with Gasteiger partial charge in [0.05, 0.1) is 19.0 Å². The number of carbonyl (C=O) groups excluding carboxylic acids is 1. The Labute approximate surface area is 124 Å². The Bertz CT molecular complexity index is 582. The smallest absolute Gasteiger partial charge is 0.246 e. The van der Waals surface area contributed by atoms with Crippen LogP contribution in [0.3, 0.4) is 0 Å². The summed E-state index contributed by atoms with van der Waals surface area (Å²) in [4.78, 5) is 18.5. The summed E-state index contributed by atoms with van der Waals surface area (Å²) in [5.41, 5.74) is 1.59. The number of ether oxygens (including phenoxy) is 1. The number of likely N-dealkylation sites (N-methyl/N-ethyl adjacent to an activating group) is 1. The van der Waals surface area contributed by atoms with Gasteiger partial charge in [0.1, 0.15) is 6.04 Å². The minimum atomic E-state index is -0.353. The van der Waals surface area contributed by atoms with Crippen molar-refractivity contribution in [1.82, 2.24) is 9.88 Å². The maximum absolute atomic E-state index is 12.5. The summed E-state index contributed by atoms with van der Waals surface area (Å²) < 4.78 is 5.00. The predicted octanol–water partition coefficient (Wildman–Crippen LogP) is 2.33. The third kappa shape index (κ3) is 3.79. The summed E-state index contributed by atoms with van der Waals surface area (Å²) in [5, 5.41) is 2.87. The molecule has 1 unspecified atom stereocenters. The number of methoxy groups -OCH3 is 1. The fourth-order valence-corrected chi connectivity index (χ4v) is 2.10. The van der Waals surface area contributed by atoms with Gasteiger partial charge in [0.2, 0.25) is 11.8 Å². The van der Waals surface area contributed by atoms with E-state index in [4.69, 9.17) is 4.74 Å². The maximum atomic E-state index is 12.5. The van der Waals surface area contributed by atoms with Crippen LogP contribution in [0.4, 0.5) is 5.69 Å². The minimum Gasteiger partial charge on any atom is -0.481 e. The summed E-state index contributed by atoms with van der Waals surface area (Å²) in [6.07, 6.45) is 1.58. The molecule has 21 heavy (non-hydrogen) atoms. The number of anilines is 1. The first-order chi connectivity index (χ1) is 10.1. The van der Waals surface area contributed by atoms with Gasteiger partial charge in [-0.15, -0.1) is 0 Å². The van der Waals surface area contributed by atoms with E-state index in [0.717, 1.165) is 5.56 Å². The fraction of sp³-hybridized carbons (Fsp3) is 0.250. The number of hydrogen-bond acceptors (Lipinski definition) is 4. The van der Waals surface area contributed by atoms with Crippen LogP contribution in [0, 0.1) is 0 Å². The van der Waals surface area contributed by atoms with Crippen molar-refractivity contribution < 1.29 is 9.53 Å². The molecule has 0 saturated heterocycles. The molecule has 5 heteroatoms. The molecule has 110 valence electrons. The summed E-state index contributed by atoms with van der Waals surface area (Å²) >= 11 is 0. The molecule has 0 aliphatic carbocycles. The zero-order chi connectivity index (χ0) is 15.2. The van der Waals surface area contributed by atoms with Gasteiger partial charge in [-0.2, -0.15) is 0 Å². The topological polar surface area (TPSA) is 54.5 Å². The molecule has 0 aliphatic heterocycles. The number of nitrogens with zero attached hydrogens (tertiary/aromatic N) is 2. The van der Waals surface area contributed by atoms with Gasteiger partial charge in [-0.25, -0.2) is 4.98 Å². The molecule has 0 aliphatic rings. The van der Waals surface area contributed by atoms with Crippen LogP contribution in [0.15, 0.2) is 48.7 Å². The molecule has 0 bridgehead atoms. The van der Waals surface area contributed by atoms with Crippen molar-refractivity contribution >= 4 is 11.6 Å². The zero-order valence-corrected chi connectivity index (χ0v) is 12.4. The number of nitrogens with one attached hydrogen (secondary N) is 1. The Morgan fingerprint density at radius 2 is 1.90 bits per heavy atom. The third-order valence-corrected chi connectivity index (χ3v) is 3.09. The predicted molar refractivity (Wildman–Crippen MR) is 82.3 cm³/mol. The van der Waals surface area contributed by atoms with Crippen molar-refractivity contribution in [2.75, 3.05) is 26.5 Å². The minimum absolute atomic E-state index is 0.0989. The summed E-state index contributed by atoms with van der Waals surface area (Å²) in [6.45, 7) is 0. The fourth-order valence-electron chi connectivity index (χ4n) is 2.10. The van der Waals surface area contributed by atoms with E-state index >= 15 is 0 Å². The SMILES string of the molecule is COc1ccc(NC(=O)C(c2ccccc2)N(C)C)cn1. The highest BCUT2D eigenvalue weighted by Gasteiger charge is 2.22. The van der Waals surface area contributed by atoms with E-state index in [1.807, 2.05) is 49.3 Å². The van der Waals surface area contributed by atoms with E-state index < -0.39 is 0 Å². The Morgan fingerprint density at radius 1 is 1.19 bits per heavy atom. The Kier molecular flexibility index (Phi) is 4.90. The van der Waals surface area contributed by atoms with Crippen molar-refractivity contribution in [3.05, 3.63) is 54.2 Å². The molecule has 1 aromatic carbocycles. The van der Waals surface area contributed by atoms with Crippen LogP contribution in [0.2, 0.25) is 0 Å². The summed E-state index contributed by atoms with van der Waals surface area (Å²) in [6, 6.07) is 12.8. The number of benzene rings is 1. The van der Waals surface area contributed by atoms with Crippen molar-refractivity contribution in [2.24, 2.45) is 0 Å². The normalized spacial score (nSPS) is 12.0. The largest absolute Gasteiger partial charge is 0.481 e. The van der Waals surface area contributed by atoms with E-state index in [1.54, 1.807) is 25.4 Å². The Morgan fingerprint density at radius 3 is 2.43 bits per heavy atom. The highest BCUT2D eigenvalue weighted by Crippen LogP contribution is 2.20. The number of pyridine rings is 1. The third-order valence-electron chi connectivity index (χ3n) is 3.09. The molecule has 5 nitrogen and oxygen atoms in total. The van der Waals surface area contributed by atoms with Crippen molar-refractivity contribution in [2.45, 2.75) is 6.04 Å². The van der Waals surface area contributed by atoms with Crippen molar-refractivity contribution in [1.29, 1.82) is 0 Å². The average Bonchev–Trinajstić information content (AvgIpc) is 2.49. The molecule has 1 heterocycles. The summed E-state index contributed by atoms with van der Waals surface area (Å²) in [7, 11) is 5.31. The van der Waals surface area contributed by atoms with Crippen LogP contribution >= 0.6 is 0 Å². The van der Waals surface area contributed by atoms with E-state index in [2.05, 4.69) is 10.3 Å². The van der Waals surface area contributed by atoms with Gasteiger partial charge in [-0.1, -0.05) is 30.3 Å². The lowest BCUT2D eigenvalue weighted by atomic mass is 10.1. The number of rotatable bonds is 5. The molecule has 0 fully saturated rings. The van der Waals surface area contributed by atoms with Crippen LogP contribution in [0.25, 0.3) is 0 Å². The molecule has 2 rings (SSSR count). The van der Waals surface area contributed by atoms with Gasteiger partial charge < -0.3 is 10.1 Å².